The van der Waals surface area contributed by atoms with E-state index in [9.17, 15) is 0 Å². The highest BCUT2D eigenvalue weighted by atomic mass is 14.9. The van der Waals surface area contributed by atoms with Gasteiger partial charge in [0.2, 0.25) is 0 Å². The van der Waals surface area contributed by atoms with Gasteiger partial charge in [0, 0.05) is 16.7 Å². The lowest BCUT2D eigenvalue weighted by molar-refractivity contribution is 0.797. The number of rotatable bonds is 5. The van der Waals surface area contributed by atoms with Gasteiger partial charge in [0.15, 0.2) is 5.82 Å². The average Bonchev–Trinajstić information content (AvgIpc) is 3.77. The zero-order valence-electron chi connectivity index (χ0n) is 31.0. The van der Waals surface area contributed by atoms with E-state index in [2.05, 4.69) is 194 Å². The van der Waals surface area contributed by atoms with Crippen molar-refractivity contribution in [2.45, 2.75) is 5.41 Å². The topological polar surface area (TPSA) is 25.8 Å². The molecule has 1 spiro atoms. The summed E-state index contributed by atoms with van der Waals surface area (Å²) in [6, 6.07) is 74.9. The minimum atomic E-state index is -0.385. The molecule has 264 valence electrons. The van der Waals surface area contributed by atoms with Crippen LogP contribution >= 0.6 is 0 Å². The van der Waals surface area contributed by atoms with Gasteiger partial charge < -0.3 is 0 Å². The highest BCUT2D eigenvalue weighted by Gasteiger charge is 2.51. The summed E-state index contributed by atoms with van der Waals surface area (Å²) in [5, 5.41) is 5.37. The summed E-state index contributed by atoms with van der Waals surface area (Å²) >= 11 is 0. The van der Waals surface area contributed by atoms with E-state index >= 15 is 0 Å². The Balaban J connectivity index is 1.01. The Labute approximate surface area is 331 Å². The van der Waals surface area contributed by atoms with Crippen LogP contribution in [-0.4, -0.2) is 9.97 Å². The molecule has 2 nitrogen and oxygen atoms in total. The van der Waals surface area contributed by atoms with Gasteiger partial charge in [-0.25, -0.2) is 9.97 Å². The molecule has 9 aromatic carbocycles. The van der Waals surface area contributed by atoms with Crippen molar-refractivity contribution in [3.05, 3.63) is 229 Å². The highest BCUT2D eigenvalue weighted by molar-refractivity contribution is 6.17. The molecule has 2 aliphatic carbocycles. The molecule has 10 aromatic rings. The summed E-state index contributed by atoms with van der Waals surface area (Å²) in [6.07, 6.45) is 0. The average molecular weight is 723 g/mol. The van der Waals surface area contributed by atoms with Crippen LogP contribution in [0.25, 0.3) is 88.8 Å². The van der Waals surface area contributed by atoms with E-state index in [0.717, 1.165) is 39.2 Å². The van der Waals surface area contributed by atoms with Crippen LogP contribution in [0.15, 0.2) is 206 Å². The monoisotopic (exact) mass is 722 g/mol. The summed E-state index contributed by atoms with van der Waals surface area (Å²) in [4.78, 5) is 10.3. The predicted molar refractivity (Wildman–Crippen MR) is 235 cm³/mol. The third-order valence-electron chi connectivity index (χ3n) is 12.3. The summed E-state index contributed by atoms with van der Waals surface area (Å²) in [5.41, 5.74) is 17.4. The van der Waals surface area contributed by atoms with Crippen LogP contribution < -0.4 is 0 Å². The van der Waals surface area contributed by atoms with E-state index in [1.54, 1.807) is 0 Å². The van der Waals surface area contributed by atoms with E-state index in [-0.39, 0.29) is 5.41 Å². The zero-order valence-corrected chi connectivity index (χ0v) is 31.0. The summed E-state index contributed by atoms with van der Waals surface area (Å²) in [7, 11) is 0. The quantitative estimate of drug-likeness (QED) is 0.165. The molecule has 1 aromatic heterocycles. The van der Waals surface area contributed by atoms with Crippen molar-refractivity contribution < 1.29 is 0 Å². The predicted octanol–water partition coefficient (Wildman–Crippen LogP) is 13.8. The maximum absolute atomic E-state index is 5.13. The molecule has 0 aliphatic heterocycles. The van der Waals surface area contributed by atoms with Crippen LogP contribution in [-0.2, 0) is 5.41 Å². The highest BCUT2D eigenvalue weighted by Crippen LogP contribution is 2.63. The van der Waals surface area contributed by atoms with E-state index < -0.39 is 0 Å². The Morgan fingerprint density at radius 1 is 0.298 bits per heavy atom. The Morgan fingerprint density at radius 2 is 0.754 bits per heavy atom. The molecule has 0 unspecified atom stereocenters. The van der Waals surface area contributed by atoms with Crippen molar-refractivity contribution in [1.29, 1.82) is 0 Å². The molecule has 57 heavy (non-hydrogen) atoms. The number of aromatic nitrogens is 2. The second kappa shape index (κ2) is 12.3. The summed E-state index contributed by atoms with van der Waals surface area (Å²) in [5.74, 6) is 0.707. The number of fused-ring (bicyclic) bond motifs is 7. The molecular weight excluding hydrogens is 689 g/mol. The first-order valence-corrected chi connectivity index (χ1v) is 19.7. The van der Waals surface area contributed by atoms with E-state index in [1.165, 1.54) is 66.1 Å². The Hall–Kier alpha value is -7.42. The molecule has 0 radical (unpaired) electrons. The molecule has 0 fully saturated rings. The number of benzene rings is 9. The van der Waals surface area contributed by atoms with Crippen molar-refractivity contribution in [2.24, 2.45) is 0 Å². The molecular formula is C55H34N2. The molecule has 0 saturated carbocycles. The third-order valence-corrected chi connectivity index (χ3v) is 12.3. The van der Waals surface area contributed by atoms with Crippen molar-refractivity contribution in [1.82, 2.24) is 9.97 Å². The van der Waals surface area contributed by atoms with E-state index in [4.69, 9.17) is 9.97 Å². The Morgan fingerprint density at radius 3 is 1.40 bits per heavy atom. The van der Waals surface area contributed by atoms with Gasteiger partial charge in [-0.1, -0.05) is 188 Å². The van der Waals surface area contributed by atoms with Crippen LogP contribution in [0.5, 0.6) is 0 Å². The first-order chi connectivity index (χ1) is 28.3. The number of hydrogen-bond acceptors (Lipinski definition) is 2. The van der Waals surface area contributed by atoms with Gasteiger partial charge in [0.05, 0.1) is 16.8 Å². The van der Waals surface area contributed by atoms with Gasteiger partial charge in [0.25, 0.3) is 0 Å². The minimum absolute atomic E-state index is 0.385. The largest absolute Gasteiger partial charge is 0.228 e. The van der Waals surface area contributed by atoms with Crippen molar-refractivity contribution in [2.75, 3.05) is 0 Å². The molecule has 2 heteroatoms. The second-order valence-corrected chi connectivity index (χ2v) is 15.3. The van der Waals surface area contributed by atoms with E-state index in [1.807, 2.05) is 12.1 Å². The second-order valence-electron chi connectivity index (χ2n) is 15.3. The van der Waals surface area contributed by atoms with Gasteiger partial charge in [0.1, 0.15) is 0 Å². The van der Waals surface area contributed by atoms with Crippen LogP contribution in [0, 0.1) is 0 Å². The summed E-state index contributed by atoms with van der Waals surface area (Å²) in [6.45, 7) is 0. The lowest BCUT2D eigenvalue weighted by Crippen LogP contribution is -2.26. The minimum Gasteiger partial charge on any atom is -0.228 e. The molecule has 0 N–H and O–H groups in total. The standard InChI is InChI=1S/C55H34N2/c1-3-14-35(15-4-1)49-34-50(36-16-5-2-6-17-36)57-54(56-49)42-23-10-21-40(33-42)39-20-9-22-41(32-39)43-25-13-29-48-53(43)44-24-7-8-26-45(44)55(48)46-27-11-18-37-30-31-38-19-12-28-47(55)52(38)51(37)46/h1-34H. The Bertz CT molecular complexity index is 3110. The van der Waals surface area contributed by atoms with Crippen molar-refractivity contribution >= 4 is 21.5 Å². The lowest BCUT2D eigenvalue weighted by atomic mass is 9.70. The van der Waals surface area contributed by atoms with Crippen LogP contribution in [0.3, 0.4) is 0 Å². The zero-order chi connectivity index (χ0) is 37.5. The first kappa shape index (κ1) is 31.9. The normalized spacial score (nSPS) is 13.1. The Kier molecular flexibility index (Phi) is 6.88. The maximum Gasteiger partial charge on any atom is 0.160 e. The van der Waals surface area contributed by atoms with Crippen LogP contribution in [0.1, 0.15) is 22.3 Å². The van der Waals surface area contributed by atoms with Gasteiger partial charge >= 0.3 is 0 Å². The lowest BCUT2D eigenvalue weighted by Gasteiger charge is -2.31. The first-order valence-electron chi connectivity index (χ1n) is 19.7. The summed E-state index contributed by atoms with van der Waals surface area (Å²) < 4.78 is 0. The molecule has 0 saturated heterocycles. The van der Waals surface area contributed by atoms with Crippen LogP contribution in [0.4, 0.5) is 0 Å². The number of hydrogen-bond donors (Lipinski definition) is 0. The molecule has 0 atom stereocenters. The molecule has 2 aliphatic rings. The van der Waals surface area contributed by atoms with E-state index in [0.29, 0.717) is 5.82 Å². The maximum atomic E-state index is 5.13. The molecule has 1 heterocycles. The SMILES string of the molecule is c1ccc(-c2cc(-c3ccccc3)nc(-c3cccc(-c4cccc(-c5cccc6c5-c5ccccc5C65c6cccc7ccc8cccc5c8c67)c4)c3)n2)cc1. The van der Waals surface area contributed by atoms with Crippen molar-refractivity contribution in [3.8, 4) is 67.3 Å². The fourth-order valence-corrected chi connectivity index (χ4v) is 9.87. The molecule has 0 bridgehead atoms. The van der Waals surface area contributed by atoms with Crippen LogP contribution in [0.2, 0.25) is 0 Å². The fraction of sp³-hybridized carbons (Fsp3) is 0.0182. The van der Waals surface area contributed by atoms with Crippen molar-refractivity contribution in [3.63, 3.8) is 0 Å². The fourth-order valence-electron chi connectivity index (χ4n) is 9.87. The third kappa shape index (κ3) is 4.65. The van der Waals surface area contributed by atoms with Gasteiger partial charge in [-0.05, 0) is 95.4 Å². The smallest absolute Gasteiger partial charge is 0.160 e. The molecule has 0 amide bonds. The van der Waals surface area contributed by atoms with Gasteiger partial charge in [-0.15, -0.1) is 0 Å². The van der Waals surface area contributed by atoms with Gasteiger partial charge in [-0.3, -0.25) is 0 Å². The van der Waals surface area contributed by atoms with Gasteiger partial charge in [-0.2, -0.15) is 0 Å². The molecule has 12 rings (SSSR count). The number of nitrogens with zero attached hydrogens (tertiary/aromatic N) is 2.